The molecule has 5 aliphatic rings. The molecule has 5 saturated heterocycles. The fourth-order valence-electron chi connectivity index (χ4n) is 7.34. The Bertz CT molecular complexity index is 1270. The molecule has 14 N–H and O–H groups in total. The molecule has 0 spiro atoms. The largest absolute Gasteiger partial charge is 0.394 e. The van der Waals surface area contributed by atoms with Crippen molar-refractivity contribution in [2.45, 2.75) is 181 Å². The zero-order chi connectivity index (χ0) is 41.5. The van der Waals surface area contributed by atoms with Crippen LogP contribution in [0.15, 0.2) is 0 Å². The molecule has 5 rings (SSSR count). The van der Waals surface area contributed by atoms with Crippen LogP contribution in [0, 0.1) is 0 Å². The first kappa shape index (κ1) is 45.7. The van der Waals surface area contributed by atoms with Gasteiger partial charge >= 0.3 is 0 Å². The predicted molar refractivity (Wildman–Crippen MR) is 174 cm³/mol. The van der Waals surface area contributed by atoms with Gasteiger partial charge in [-0.1, -0.05) is 0 Å². The molecule has 0 saturated carbocycles. The topological polar surface area (TPSA) is 375 Å². The number of hydrogen-bond acceptors (Lipinski definition) is 23. The molecule has 25 atom stereocenters. The highest BCUT2D eigenvalue weighted by Crippen LogP contribution is 2.36. The Morgan fingerprint density at radius 3 is 1.45 bits per heavy atom. The molecular formula is C32H55NO23. The maximum absolute atomic E-state index is 12.0. The van der Waals surface area contributed by atoms with Crippen LogP contribution in [0.2, 0.25) is 0 Å². The lowest BCUT2D eigenvalue weighted by Gasteiger charge is -2.50. The van der Waals surface area contributed by atoms with Crippen molar-refractivity contribution in [2.24, 2.45) is 0 Å². The first-order valence-electron chi connectivity index (χ1n) is 18.2. The number of aliphatic hydroxyl groups excluding tert-OH is 13. The second-order valence-electron chi connectivity index (χ2n) is 14.6. The van der Waals surface area contributed by atoms with Crippen molar-refractivity contribution in [1.82, 2.24) is 5.32 Å². The molecule has 1 amide bonds. The molecule has 5 fully saturated rings. The second kappa shape index (κ2) is 18.9. The quantitative estimate of drug-likeness (QED) is 0.0920. The molecule has 24 nitrogen and oxygen atoms in total. The monoisotopic (exact) mass is 821 g/mol. The second-order valence-corrected chi connectivity index (χ2v) is 14.6. The Hall–Kier alpha value is -1.41. The summed E-state index contributed by atoms with van der Waals surface area (Å²) in [5, 5.41) is 139. The van der Waals surface area contributed by atoms with Crippen molar-refractivity contribution in [3.05, 3.63) is 0 Å². The van der Waals surface area contributed by atoms with Crippen LogP contribution in [0.25, 0.3) is 0 Å². The third kappa shape index (κ3) is 9.31. The van der Waals surface area contributed by atoms with E-state index in [9.17, 15) is 71.2 Å². The first-order chi connectivity index (χ1) is 26.3. The van der Waals surface area contributed by atoms with Crippen molar-refractivity contribution in [3.8, 4) is 0 Å². The van der Waals surface area contributed by atoms with E-state index in [0.717, 1.165) is 6.92 Å². The van der Waals surface area contributed by atoms with Gasteiger partial charge in [0, 0.05) is 6.92 Å². The summed E-state index contributed by atoms with van der Waals surface area (Å²) in [7, 11) is 0. The average Bonchev–Trinajstić information content (AvgIpc) is 3.15. The molecule has 0 aromatic rings. The van der Waals surface area contributed by atoms with Gasteiger partial charge in [-0.3, -0.25) is 4.79 Å². The van der Waals surface area contributed by atoms with Gasteiger partial charge in [0.1, 0.15) is 104 Å². The van der Waals surface area contributed by atoms with Crippen LogP contribution in [-0.2, 0) is 47.4 Å². The van der Waals surface area contributed by atoms with Crippen LogP contribution in [0.3, 0.4) is 0 Å². The number of aliphatic hydroxyl groups is 13. The number of carbonyl (C=O) groups excluding carboxylic acids is 1. The summed E-state index contributed by atoms with van der Waals surface area (Å²) in [5.74, 6) is -0.668. The van der Waals surface area contributed by atoms with Gasteiger partial charge in [-0.15, -0.1) is 0 Å². The van der Waals surface area contributed by atoms with Crippen LogP contribution >= 0.6 is 0 Å². The summed E-state index contributed by atoms with van der Waals surface area (Å²) < 4.78 is 51.7. The number of ether oxygens (including phenoxy) is 9. The minimum Gasteiger partial charge on any atom is -0.394 e. The molecule has 5 aliphatic heterocycles. The summed E-state index contributed by atoms with van der Waals surface area (Å²) in [6.07, 6.45) is -39.4. The van der Waals surface area contributed by atoms with Crippen LogP contribution in [0.5, 0.6) is 0 Å². The summed E-state index contributed by atoms with van der Waals surface area (Å²) in [6, 6.07) is -1.45. The van der Waals surface area contributed by atoms with E-state index in [4.69, 9.17) is 42.6 Å². The Labute approximate surface area is 319 Å². The van der Waals surface area contributed by atoms with E-state index in [2.05, 4.69) is 5.32 Å². The predicted octanol–water partition coefficient (Wildman–Crippen LogP) is -8.70. The van der Waals surface area contributed by atoms with Crippen LogP contribution in [0.4, 0.5) is 0 Å². The Morgan fingerprint density at radius 1 is 0.464 bits per heavy atom. The third-order valence-electron chi connectivity index (χ3n) is 10.6. The van der Waals surface area contributed by atoms with E-state index >= 15 is 0 Å². The minimum absolute atomic E-state index is 0.668. The van der Waals surface area contributed by atoms with Crippen LogP contribution in [-0.4, -0.2) is 239 Å². The van der Waals surface area contributed by atoms with Crippen molar-refractivity contribution in [3.63, 3.8) is 0 Å². The van der Waals surface area contributed by atoms with Crippen molar-refractivity contribution >= 4 is 5.91 Å². The summed E-state index contributed by atoms with van der Waals surface area (Å²) in [4.78, 5) is 12.0. The summed E-state index contributed by atoms with van der Waals surface area (Å²) in [6.45, 7) is 3.69. The fourth-order valence-corrected chi connectivity index (χ4v) is 7.34. The lowest BCUT2D eigenvalue weighted by molar-refractivity contribution is -0.399. The van der Waals surface area contributed by atoms with Crippen molar-refractivity contribution in [1.29, 1.82) is 0 Å². The van der Waals surface area contributed by atoms with Gasteiger partial charge in [-0.05, 0) is 20.8 Å². The van der Waals surface area contributed by atoms with E-state index in [0.29, 0.717) is 0 Å². The molecule has 0 aromatic carbocycles. The highest BCUT2D eigenvalue weighted by Gasteiger charge is 2.56. The number of rotatable bonds is 11. The Balaban J connectivity index is 1.38. The van der Waals surface area contributed by atoms with Gasteiger partial charge in [-0.2, -0.15) is 0 Å². The van der Waals surface area contributed by atoms with E-state index in [1.807, 2.05) is 0 Å². The maximum Gasteiger partial charge on any atom is 0.217 e. The summed E-state index contributed by atoms with van der Waals surface area (Å²) in [5.41, 5.74) is 0. The molecule has 24 heteroatoms. The zero-order valence-corrected chi connectivity index (χ0v) is 30.7. The number of hydrogen-bond donors (Lipinski definition) is 14. The molecule has 0 radical (unpaired) electrons. The van der Waals surface area contributed by atoms with Gasteiger partial charge in [0.2, 0.25) is 5.91 Å². The van der Waals surface area contributed by atoms with E-state index in [-0.39, 0.29) is 0 Å². The van der Waals surface area contributed by atoms with Crippen molar-refractivity contribution in [2.75, 3.05) is 13.2 Å². The lowest BCUT2D eigenvalue weighted by Crippen LogP contribution is -2.69. The molecular weight excluding hydrogens is 766 g/mol. The van der Waals surface area contributed by atoms with Gasteiger partial charge < -0.3 is 114 Å². The highest BCUT2D eigenvalue weighted by atomic mass is 16.8. The molecule has 5 heterocycles. The van der Waals surface area contributed by atoms with Gasteiger partial charge in [-0.25, -0.2) is 0 Å². The van der Waals surface area contributed by atoms with E-state index in [1.54, 1.807) is 0 Å². The summed E-state index contributed by atoms with van der Waals surface area (Å²) >= 11 is 0. The smallest absolute Gasteiger partial charge is 0.217 e. The molecule has 0 unspecified atom stereocenters. The average molecular weight is 822 g/mol. The molecule has 326 valence electrons. The SMILES string of the molecule is CC(=O)N[C@H]1[C@H](O[C@@H]2[C@@H](O)[C@@H](O[C@@H]3O[C@H](CO)[C@@H](O)[C@H](O)[C@@H]3O)[C@H](O[C@@H]3[C@@H](O)[C@@H](O)[C@H](O[C@@H]4[C@@H](O)[C@@H](O)[C@H](O)O[C@H]4C)O[C@H]3C)O[C@H]2C)O[C@H](CO)[C@@H](O)[C@@H]1O. The Kier molecular flexibility index (Phi) is 15.4. The molecule has 0 aromatic heterocycles. The van der Waals surface area contributed by atoms with Gasteiger partial charge in [0.25, 0.3) is 0 Å². The molecule has 56 heavy (non-hydrogen) atoms. The molecule has 0 aliphatic carbocycles. The van der Waals surface area contributed by atoms with Crippen LogP contribution < -0.4 is 5.32 Å². The van der Waals surface area contributed by atoms with Gasteiger partial charge in [0.15, 0.2) is 31.5 Å². The van der Waals surface area contributed by atoms with E-state index < -0.39 is 173 Å². The maximum atomic E-state index is 12.0. The molecule has 0 bridgehead atoms. The van der Waals surface area contributed by atoms with Gasteiger partial charge in [0.05, 0.1) is 31.5 Å². The normalized spacial score (nSPS) is 53.1. The minimum atomic E-state index is -1.99. The third-order valence-corrected chi connectivity index (χ3v) is 10.6. The highest BCUT2D eigenvalue weighted by molar-refractivity contribution is 5.73. The van der Waals surface area contributed by atoms with E-state index in [1.165, 1.54) is 20.8 Å². The first-order valence-corrected chi connectivity index (χ1v) is 18.2. The fraction of sp³-hybridized carbons (Fsp3) is 0.969. The zero-order valence-electron chi connectivity index (χ0n) is 30.7. The van der Waals surface area contributed by atoms with Crippen LogP contribution in [0.1, 0.15) is 27.7 Å². The Morgan fingerprint density at radius 2 is 0.875 bits per heavy atom. The lowest BCUT2D eigenvalue weighted by atomic mass is 9.95. The number of amides is 1. The number of nitrogens with one attached hydrogen (secondary N) is 1. The van der Waals surface area contributed by atoms with Crippen molar-refractivity contribution < 1.29 is 114 Å². The standard InChI is InChI=1S/C32H55NO23/c1-7-24(18(41)20(43)28(47)48-7)54-30-22(45)19(42)25(8(2)49-30)55-32-27(56-31-21(44)17(40)15(38)12(6-35)52-31)23(46)26(9(3)50-32)53-29-13(33-10(4)36)16(39)14(37)11(5-34)51-29/h7-9,11-32,34-35,37-47H,5-6H2,1-4H3,(H,33,36)/t7-,8-,9-,11+,12+,13+,14+,15+,16+,17-,18-,19-,20+,21-,22+,23+,24-,25-,26-,27+,28+,29-,30-,31-,32-/m0/s1. The number of carbonyl (C=O) groups is 1.